The Kier molecular flexibility index (Phi) is 2.59. The molecule has 3 aromatic rings. The first kappa shape index (κ1) is 11.8. The minimum absolute atomic E-state index is 0.338. The molecule has 3 nitrogen and oxygen atoms in total. The molecule has 1 N–H and O–H groups in total. The van der Waals surface area contributed by atoms with Crippen LogP contribution in [0.25, 0.3) is 22.3 Å². The molecule has 0 aliphatic heterocycles. The van der Waals surface area contributed by atoms with E-state index >= 15 is 0 Å². The molecule has 0 fully saturated rings. The lowest BCUT2D eigenvalue weighted by molar-refractivity contribution is 0.624. The Hall–Kier alpha value is -2.23. The summed E-state index contributed by atoms with van der Waals surface area (Å²) in [6, 6.07) is 3.59. The van der Waals surface area contributed by atoms with Crippen molar-refractivity contribution in [1.82, 2.24) is 15.0 Å². The van der Waals surface area contributed by atoms with Crippen LogP contribution in [0, 0.1) is 26.6 Å². The van der Waals surface area contributed by atoms with Gasteiger partial charge in [0.15, 0.2) is 0 Å². The Morgan fingerprint density at radius 3 is 2.68 bits per heavy atom. The van der Waals surface area contributed by atoms with Crippen LogP contribution < -0.4 is 0 Å². The lowest BCUT2D eigenvalue weighted by Crippen LogP contribution is -1.94. The van der Waals surface area contributed by atoms with Gasteiger partial charge >= 0.3 is 0 Å². The number of fused-ring (bicyclic) bond motifs is 1. The third kappa shape index (κ3) is 1.89. The predicted octanol–water partition coefficient (Wildman–Crippen LogP) is 3.69. The molecule has 0 saturated heterocycles. The van der Waals surface area contributed by atoms with Crippen LogP contribution in [0.5, 0.6) is 0 Å². The van der Waals surface area contributed by atoms with Gasteiger partial charge in [0, 0.05) is 22.8 Å². The first-order chi connectivity index (χ1) is 9.06. The zero-order valence-corrected chi connectivity index (χ0v) is 11.1. The number of H-pyrrole nitrogens is 1. The van der Waals surface area contributed by atoms with Gasteiger partial charge in [-0.15, -0.1) is 0 Å². The fraction of sp³-hybridized carbons (Fsp3) is 0.200. The van der Waals surface area contributed by atoms with E-state index in [2.05, 4.69) is 21.0 Å². The summed E-state index contributed by atoms with van der Waals surface area (Å²) in [5.41, 5.74) is 5.66. The second-order valence-corrected chi connectivity index (χ2v) is 4.81. The average molecular weight is 255 g/mol. The summed E-state index contributed by atoms with van der Waals surface area (Å²) in [4.78, 5) is 11.7. The lowest BCUT2D eigenvalue weighted by Gasteiger charge is -2.07. The molecule has 96 valence electrons. The monoisotopic (exact) mass is 255 g/mol. The zero-order valence-electron chi connectivity index (χ0n) is 11.1. The quantitative estimate of drug-likeness (QED) is 0.720. The highest BCUT2D eigenvalue weighted by molar-refractivity contribution is 5.93. The summed E-state index contributed by atoms with van der Waals surface area (Å²) in [6.45, 7) is 6.03. The molecular formula is C15H14FN3. The Bertz CT molecular complexity index is 774. The van der Waals surface area contributed by atoms with Gasteiger partial charge in [0.1, 0.15) is 11.5 Å². The average Bonchev–Trinajstić information content (AvgIpc) is 2.76. The van der Waals surface area contributed by atoms with Crippen LogP contribution in [0.2, 0.25) is 0 Å². The van der Waals surface area contributed by atoms with E-state index in [-0.39, 0.29) is 5.82 Å². The molecule has 0 bridgehead atoms. The van der Waals surface area contributed by atoms with Gasteiger partial charge in [0.2, 0.25) is 0 Å². The van der Waals surface area contributed by atoms with Gasteiger partial charge < -0.3 is 4.98 Å². The predicted molar refractivity (Wildman–Crippen MR) is 73.5 cm³/mol. The molecule has 4 heteroatoms. The summed E-state index contributed by atoms with van der Waals surface area (Å²) in [5, 5.41) is 0.763. The summed E-state index contributed by atoms with van der Waals surface area (Å²) >= 11 is 0. The first-order valence-electron chi connectivity index (χ1n) is 6.14. The molecule has 3 heterocycles. The highest BCUT2D eigenvalue weighted by atomic mass is 19.1. The van der Waals surface area contributed by atoms with Gasteiger partial charge in [-0.05, 0) is 38.0 Å². The van der Waals surface area contributed by atoms with E-state index in [0.29, 0.717) is 5.65 Å². The molecule has 0 unspecified atom stereocenters. The molecule has 19 heavy (non-hydrogen) atoms. The molecule has 0 radical (unpaired) electrons. The number of nitrogens with one attached hydrogen (secondary N) is 1. The van der Waals surface area contributed by atoms with Crippen LogP contribution in [0.15, 0.2) is 24.5 Å². The van der Waals surface area contributed by atoms with Crippen molar-refractivity contribution in [2.75, 3.05) is 0 Å². The van der Waals surface area contributed by atoms with Crippen LogP contribution in [-0.4, -0.2) is 15.0 Å². The standard InChI is InChI=1S/C15H14FN3/c1-8-4-9(2)14(19-10(8)3)13-7-18-15-12(13)5-11(16)6-17-15/h4-7H,1-3H3,(H,17,18). The number of hydrogen-bond acceptors (Lipinski definition) is 2. The summed E-state index contributed by atoms with van der Waals surface area (Å²) in [7, 11) is 0. The second kappa shape index (κ2) is 4.16. The van der Waals surface area contributed by atoms with Crippen molar-refractivity contribution in [3.63, 3.8) is 0 Å². The van der Waals surface area contributed by atoms with Crippen molar-refractivity contribution in [2.45, 2.75) is 20.8 Å². The minimum atomic E-state index is -0.338. The first-order valence-corrected chi connectivity index (χ1v) is 6.14. The molecule has 3 rings (SSSR count). The number of nitrogens with zero attached hydrogens (tertiary/aromatic N) is 2. The highest BCUT2D eigenvalue weighted by Gasteiger charge is 2.12. The van der Waals surface area contributed by atoms with Crippen LogP contribution in [0.4, 0.5) is 4.39 Å². The maximum atomic E-state index is 13.4. The number of pyridine rings is 2. The largest absolute Gasteiger partial charge is 0.345 e. The Morgan fingerprint density at radius 2 is 1.89 bits per heavy atom. The number of rotatable bonds is 1. The third-order valence-corrected chi connectivity index (χ3v) is 3.41. The molecule has 0 atom stereocenters. The summed E-state index contributed by atoms with van der Waals surface area (Å²) < 4.78 is 13.4. The van der Waals surface area contributed by atoms with Crippen molar-refractivity contribution >= 4 is 11.0 Å². The van der Waals surface area contributed by atoms with Crippen LogP contribution >= 0.6 is 0 Å². The zero-order chi connectivity index (χ0) is 13.6. The SMILES string of the molecule is Cc1cc(C)c(-c2c[nH]c3ncc(F)cc23)nc1C. The van der Waals surface area contributed by atoms with Gasteiger partial charge in [-0.25, -0.2) is 9.37 Å². The van der Waals surface area contributed by atoms with Gasteiger partial charge in [0.25, 0.3) is 0 Å². The van der Waals surface area contributed by atoms with E-state index < -0.39 is 0 Å². The van der Waals surface area contributed by atoms with E-state index in [1.54, 1.807) is 0 Å². The number of halogens is 1. The van der Waals surface area contributed by atoms with Gasteiger partial charge in [0.05, 0.1) is 11.9 Å². The van der Waals surface area contributed by atoms with Crippen molar-refractivity contribution in [3.05, 3.63) is 47.2 Å². The van der Waals surface area contributed by atoms with E-state index in [1.165, 1.54) is 12.3 Å². The van der Waals surface area contributed by atoms with E-state index in [9.17, 15) is 4.39 Å². The Balaban J connectivity index is 2.30. The van der Waals surface area contributed by atoms with Crippen molar-refractivity contribution < 1.29 is 4.39 Å². The fourth-order valence-electron chi connectivity index (χ4n) is 2.29. The van der Waals surface area contributed by atoms with Crippen LogP contribution in [-0.2, 0) is 0 Å². The molecule has 0 amide bonds. The summed E-state index contributed by atoms with van der Waals surface area (Å²) in [5.74, 6) is -0.338. The van der Waals surface area contributed by atoms with E-state index in [0.717, 1.165) is 33.5 Å². The van der Waals surface area contributed by atoms with E-state index in [4.69, 9.17) is 0 Å². The topological polar surface area (TPSA) is 41.6 Å². The Morgan fingerprint density at radius 1 is 1.11 bits per heavy atom. The smallest absolute Gasteiger partial charge is 0.142 e. The highest BCUT2D eigenvalue weighted by Crippen LogP contribution is 2.29. The normalized spacial score (nSPS) is 11.2. The van der Waals surface area contributed by atoms with E-state index in [1.807, 2.05) is 27.0 Å². The maximum Gasteiger partial charge on any atom is 0.142 e. The molecule has 0 aromatic carbocycles. The van der Waals surface area contributed by atoms with Gasteiger partial charge in [-0.3, -0.25) is 4.98 Å². The number of aromatic nitrogens is 3. The molecule has 3 aromatic heterocycles. The minimum Gasteiger partial charge on any atom is -0.345 e. The Labute approximate surface area is 110 Å². The van der Waals surface area contributed by atoms with Crippen molar-refractivity contribution in [3.8, 4) is 11.3 Å². The van der Waals surface area contributed by atoms with Crippen molar-refractivity contribution in [1.29, 1.82) is 0 Å². The maximum absolute atomic E-state index is 13.4. The number of hydrogen-bond donors (Lipinski definition) is 1. The lowest BCUT2D eigenvalue weighted by atomic mass is 10.0. The number of aryl methyl sites for hydroxylation is 3. The van der Waals surface area contributed by atoms with Gasteiger partial charge in [-0.1, -0.05) is 6.07 Å². The third-order valence-electron chi connectivity index (χ3n) is 3.41. The van der Waals surface area contributed by atoms with Crippen molar-refractivity contribution in [2.24, 2.45) is 0 Å². The van der Waals surface area contributed by atoms with Gasteiger partial charge in [-0.2, -0.15) is 0 Å². The molecular weight excluding hydrogens is 241 g/mol. The second-order valence-electron chi connectivity index (χ2n) is 4.81. The number of aromatic amines is 1. The molecule has 0 aliphatic rings. The summed E-state index contributed by atoms with van der Waals surface area (Å²) in [6.07, 6.45) is 3.05. The molecule has 0 aliphatic carbocycles. The van der Waals surface area contributed by atoms with Crippen LogP contribution in [0.3, 0.4) is 0 Å². The molecule has 0 spiro atoms. The van der Waals surface area contributed by atoms with Crippen LogP contribution in [0.1, 0.15) is 16.8 Å². The fourth-order valence-corrected chi connectivity index (χ4v) is 2.29. The molecule has 0 saturated carbocycles.